The van der Waals surface area contributed by atoms with Gasteiger partial charge in [0.1, 0.15) is 36.5 Å². The standard InChI is InChI=1S/C47H48ClN5O5/c1-32-37(12-7-13-41(32)42-14-8-15-44(33(42)2)55-19-9-17-53-18-16-40(54)29-53)31-57-47-23-45(56-30-35-20-34(24-49)25-50-26-35)38(21-43(47)48)27-52(3)28-39-22-46(58-51-39)36-10-5-4-6-11-36/h4-8,10-15,20-23,25-26,40,54H,9,16-19,27-31H2,1-3H3/t40-/m1/s1. The summed E-state index contributed by atoms with van der Waals surface area (Å²) in [5.74, 6) is 2.69. The van der Waals surface area contributed by atoms with Crippen LogP contribution in [0.5, 0.6) is 17.2 Å². The minimum Gasteiger partial charge on any atom is -0.493 e. The molecule has 0 saturated carbocycles. The highest BCUT2D eigenvalue weighted by Crippen LogP contribution is 2.37. The number of aromatic nitrogens is 2. The Bertz CT molecular complexity index is 2360. The van der Waals surface area contributed by atoms with Crippen LogP contribution in [-0.4, -0.2) is 64.4 Å². The first kappa shape index (κ1) is 40.5. The zero-order valence-electron chi connectivity index (χ0n) is 33.2. The van der Waals surface area contributed by atoms with Crippen molar-refractivity contribution >= 4 is 11.6 Å². The molecule has 3 heterocycles. The number of likely N-dealkylation sites (tertiary alicyclic amines) is 1. The number of benzene rings is 4. The average Bonchev–Trinajstić information content (AvgIpc) is 3.88. The van der Waals surface area contributed by atoms with Gasteiger partial charge in [0.2, 0.25) is 0 Å². The van der Waals surface area contributed by atoms with Gasteiger partial charge in [0.25, 0.3) is 0 Å². The molecule has 1 saturated heterocycles. The largest absolute Gasteiger partial charge is 0.493 e. The van der Waals surface area contributed by atoms with E-state index in [1.54, 1.807) is 12.3 Å². The molecule has 1 fully saturated rings. The Morgan fingerprint density at radius 2 is 1.66 bits per heavy atom. The summed E-state index contributed by atoms with van der Waals surface area (Å²) in [5, 5.41) is 24.0. The van der Waals surface area contributed by atoms with Crippen LogP contribution in [0.4, 0.5) is 0 Å². The van der Waals surface area contributed by atoms with E-state index in [0.29, 0.717) is 54.1 Å². The fourth-order valence-corrected chi connectivity index (χ4v) is 7.56. The van der Waals surface area contributed by atoms with Gasteiger partial charge in [-0.05, 0) is 79.8 Å². The third-order valence-corrected chi connectivity index (χ3v) is 10.7. The van der Waals surface area contributed by atoms with E-state index in [9.17, 15) is 10.4 Å². The zero-order valence-corrected chi connectivity index (χ0v) is 33.9. The highest BCUT2D eigenvalue weighted by molar-refractivity contribution is 6.32. The molecule has 1 aliphatic rings. The molecule has 1 atom stereocenters. The van der Waals surface area contributed by atoms with E-state index < -0.39 is 0 Å². The smallest absolute Gasteiger partial charge is 0.167 e. The van der Waals surface area contributed by atoms with Crippen LogP contribution in [0.15, 0.2) is 108 Å². The number of halogens is 1. The fraction of sp³-hybridized carbons (Fsp3) is 0.298. The van der Waals surface area contributed by atoms with Gasteiger partial charge in [-0.1, -0.05) is 77.4 Å². The highest BCUT2D eigenvalue weighted by atomic mass is 35.5. The van der Waals surface area contributed by atoms with Crippen molar-refractivity contribution in [3.8, 4) is 45.8 Å². The van der Waals surface area contributed by atoms with Gasteiger partial charge in [-0.2, -0.15) is 5.26 Å². The van der Waals surface area contributed by atoms with E-state index in [4.69, 9.17) is 30.3 Å². The van der Waals surface area contributed by atoms with Crippen LogP contribution in [0.3, 0.4) is 0 Å². The Labute approximate surface area is 345 Å². The molecule has 2 aromatic heterocycles. The molecular weight excluding hydrogens is 750 g/mol. The number of β-amino-alcohol motifs (C(OH)–C–C–N with tert-alkyl or cyclic N) is 1. The number of rotatable bonds is 17. The third-order valence-electron chi connectivity index (χ3n) is 10.4. The van der Waals surface area contributed by atoms with Gasteiger partial charge in [0.05, 0.1) is 29.0 Å². The maximum absolute atomic E-state index is 9.83. The van der Waals surface area contributed by atoms with Crippen molar-refractivity contribution in [1.82, 2.24) is 19.9 Å². The number of aliphatic hydroxyl groups is 1. The van der Waals surface area contributed by atoms with Crippen molar-refractivity contribution in [3.63, 3.8) is 0 Å². The maximum Gasteiger partial charge on any atom is 0.167 e. The van der Waals surface area contributed by atoms with Gasteiger partial charge in [-0.15, -0.1) is 0 Å². The van der Waals surface area contributed by atoms with Gasteiger partial charge in [-0.3, -0.25) is 9.88 Å². The molecule has 1 aliphatic heterocycles. The van der Waals surface area contributed by atoms with Crippen molar-refractivity contribution in [2.24, 2.45) is 0 Å². The fourth-order valence-electron chi connectivity index (χ4n) is 7.32. The van der Waals surface area contributed by atoms with E-state index >= 15 is 0 Å². The minimum atomic E-state index is -0.207. The first-order chi connectivity index (χ1) is 28.2. The monoisotopic (exact) mass is 797 g/mol. The van der Waals surface area contributed by atoms with Crippen molar-refractivity contribution in [2.45, 2.75) is 59.1 Å². The van der Waals surface area contributed by atoms with Crippen LogP contribution < -0.4 is 14.2 Å². The summed E-state index contributed by atoms with van der Waals surface area (Å²) in [6.45, 7) is 8.98. The summed E-state index contributed by atoms with van der Waals surface area (Å²) >= 11 is 6.94. The van der Waals surface area contributed by atoms with Gasteiger partial charge >= 0.3 is 0 Å². The summed E-state index contributed by atoms with van der Waals surface area (Å²) in [6, 6.07) is 31.9. The second-order valence-corrected chi connectivity index (χ2v) is 15.3. The second kappa shape index (κ2) is 19.2. The molecule has 7 rings (SSSR count). The number of pyridine rings is 1. The lowest BCUT2D eigenvalue weighted by Gasteiger charge is -2.20. The third kappa shape index (κ3) is 10.2. The van der Waals surface area contributed by atoms with Crippen LogP contribution in [0, 0.1) is 25.2 Å². The predicted octanol–water partition coefficient (Wildman–Crippen LogP) is 9.17. The van der Waals surface area contributed by atoms with Crippen LogP contribution in [0.25, 0.3) is 22.5 Å². The van der Waals surface area contributed by atoms with Crippen molar-refractivity contribution in [2.75, 3.05) is 33.3 Å². The SMILES string of the molecule is Cc1c(COc2cc(OCc3cncc(C#N)c3)c(CN(C)Cc3cc(-c4ccccc4)on3)cc2Cl)cccc1-c1cccc(OCCCN2CC[C@@H](O)C2)c1C. The summed E-state index contributed by atoms with van der Waals surface area (Å²) < 4.78 is 24.7. The summed E-state index contributed by atoms with van der Waals surface area (Å²) in [6.07, 6.45) is 4.76. The van der Waals surface area contributed by atoms with Crippen molar-refractivity contribution < 1.29 is 23.8 Å². The Balaban J connectivity index is 1.05. The number of nitriles is 1. The maximum atomic E-state index is 9.83. The average molecular weight is 798 g/mol. The predicted molar refractivity (Wildman–Crippen MR) is 225 cm³/mol. The molecule has 0 spiro atoms. The van der Waals surface area contributed by atoms with E-state index in [-0.39, 0.29) is 12.7 Å². The lowest BCUT2D eigenvalue weighted by molar-refractivity contribution is 0.173. The first-order valence-corrected chi connectivity index (χ1v) is 19.9. The Morgan fingerprint density at radius 1 is 0.862 bits per heavy atom. The highest BCUT2D eigenvalue weighted by Gasteiger charge is 2.20. The van der Waals surface area contributed by atoms with Crippen LogP contribution in [-0.2, 0) is 26.3 Å². The number of aliphatic hydroxyl groups excluding tert-OH is 1. The quantitative estimate of drug-likeness (QED) is 0.0896. The molecule has 1 N–H and O–H groups in total. The van der Waals surface area contributed by atoms with Crippen LogP contribution >= 0.6 is 11.6 Å². The molecule has 4 aromatic carbocycles. The molecule has 10 nitrogen and oxygen atoms in total. The Morgan fingerprint density at radius 3 is 2.45 bits per heavy atom. The zero-order chi connectivity index (χ0) is 40.4. The molecule has 0 aliphatic carbocycles. The first-order valence-electron chi connectivity index (χ1n) is 19.6. The van der Waals surface area contributed by atoms with Crippen molar-refractivity contribution in [1.29, 1.82) is 5.26 Å². The van der Waals surface area contributed by atoms with E-state index in [1.165, 1.54) is 6.20 Å². The number of hydrogen-bond acceptors (Lipinski definition) is 10. The number of nitrogens with zero attached hydrogens (tertiary/aromatic N) is 5. The molecule has 0 radical (unpaired) electrons. The molecular formula is C47H48ClN5O5. The molecule has 0 amide bonds. The lowest BCUT2D eigenvalue weighted by Crippen LogP contribution is -2.24. The topological polar surface area (TPSA) is 117 Å². The van der Waals surface area contributed by atoms with Gasteiger partial charge < -0.3 is 28.7 Å². The lowest BCUT2D eigenvalue weighted by atomic mass is 9.93. The number of hydrogen-bond donors (Lipinski definition) is 1. The molecule has 298 valence electrons. The summed E-state index contributed by atoms with van der Waals surface area (Å²) in [7, 11) is 2.00. The Kier molecular flexibility index (Phi) is 13.4. The molecule has 0 unspecified atom stereocenters. The van der Waals surface area contributed by atoms with E-state index in [0.717, 1.165) is 88.4 Å². The summed E-state index contributed by atoms with van der Waals surface area (Å²) in [4.78, 5) is 8.60. The van der Waals surface area contributed by atoms with E-state index in [1.807, 2.05) is 67.7 Å². The molecule has 0 bridgehead atoms. The molecule has 58 heavy (non-hydrogen) atoms. The minimum absolute atomic E-state index is 0.204. The molecule has 6 aromatic rings. The van der Waals surface area contributed by atoms with Gasteiger partial charge in [0, 0.05) is 73.9 Å². The second-order valence-electron chi connectivity index (χ2n) is 14.8. The number of ether oxygens (including phenoxy) is 3. The normalized spacial score (nSPS) is 14.1. The van der Waals surface area contributed by atoms with E-state index in [2.05, 4.69) is 64.1 Å². The van der Waals surface area contributed by atoms with Gasteiger partial charge in [-0.25, -0.2) is 0 Å². The Hall–Kier alpha value is -5.70. The summed E-state index contributed by atoms with van der Waals surface area (Å²) in [5.41, 5.74) is 9.31. The molecule has 11 heteroatoms. The van der Waals surface area contributed by atoms with Crippen molar-refractivity contribution in [3.05, 3.63) is 147 Å². The van der Waals surface area contributed by atoms with Crippen LogP contribution in [0.1, 0.15) is 51.9 Å². The van der Waals surface area contributed by atoms with Gasteiger partial charge in [0.15, 0.2) is 5.76 Å². The van der Waals surface area contributed by atoms with Crippen LogP contribution in [0.2, 0.25) is 5.02 Å².